The molecule has 0 aliphatic rings. The van der Waals surface area contributed by atoms with E-state index in [0.717, 1.165) is 0 Å². The van der Waals surface area contributed by atoms with Gasteiger partial charge >= 0.3 is 0 Å². The summed E-state index contributed by atoms with van der Waals surface area (Å²) < 4.78 is 5.76. The summed E-state index contributed by atoms with van der Waals surface area (Å²) in [6, 6.07) is 0. The predicted molar refractivity (Wildman–Crippen MR) is 56.3 cm³/mol. The molecule has 0 unspecified atom stereocenters. The normalized spacial score (nSPS) is 12.2. The Labute approximate surface area is 77.6 Å². The average Bonchev–Trinajstić information content (AvgIpc) is 1.85. The smallest absolute Gasteiger partial charge is 0.193 e. The third-order valence-electron chi connectivity index (χ3n) is 2.44. The number of hydrogen-bond acceptors (Lipinski definition) is 1. The summed E-state index contributed by atoms with van der Waals surface area (Å²) in [4.78, 5) is 0. The Kier molecular flexibility index (Phi) is 4.02. The van der Waals surface area contributed by atoms with Crippen molar-refractivity contribution >= 4 is 8.32 Å². The summed E-state index contributed by atoms with van der Waals surface area (Å²) in [5.74, 6) is 5.42. The first-order chi connectivity index (χ1) is 5.31. The van der Waals surface area contributed by atoms with E-state index in [-0.39, 0.29) is 5.04 Å². The van der Waals surface area contributed by atoms with Gasteiger partial charge in [-0.1, -0.05) is 32.6 Å². The van der Waals surface area contributed by atoms with Crippen LogP contribution in [0.1, 0.15) is 20.8 Å². The van der Waals surface area contributed by atoms with Crippen LogP contribution in [0.5, 0.6) is 0 Å². The highest BCUT2D eigenvalue weighted by Gasteiger charge is 2.36. The molecule has 69 valence electrons. The second-order valence-electron chi connectivity index (χ2n) is 4.40. The first-order valence-corrected chi connectivity index (χ1v) is 7.11. The van der Waals surface area contributed by atoms with Crippen molar-refractivity contribution in [2.24, 2.45) is 0 Å². The molecule has 0 N–H and O–H groups in total. The van der Waals surface area contributed by atoms with Gasteiger partial charge in [0, 0.05) is 6.92 Å². The van der Waals surface area contributed by atoms with E-state index in [0.29, 0.717) is 6.61 Å². The molecule has 2 heteroatoms. The van der Waals surface area contributed by atoms with Crippen LogP contribution >= 0.6 is 0 Å². The summed E-state index contributed by atoms with van der Waals surface area (Å²) in [5, 5.41) is 0.274. The van der Waals surface area contributed by atoms with Crippen LogP contribution in [0.2, 0.25) is 18.1 Å². The van der Waals surface area contributed by atoms with Crippen LogP contribution < -0.4 is 0 Å². The molecule has 0 bridgehead atoms. The maximum atomic E-state index is 5.76. The van der Waals surface area contributed by atoms with Crippen molar-refractivity contribution in [1.29, 1.82) is 0 Å². The lowest BCUT2D eigenvalue weighted by atomic mass is 10.2. The maximum absolute atomic E-state index is 5.76. The van der Waals surface area contributed by atoms with Crippen molar-refractivity contribution in [1.82, 2.24) is 0 Å². The zero-order valence-corrected chi connectivity index (χ0v) is 9.82. The van der Waals surface area contributed by atoms with Crippen molar-refractivity contribution < 1.29 is 4.43 Å². The van der Waals surface area contributed by atoms with Crippen LogP contribution in [0.15, 0.2) is 0 Å². The van der Waals surface area contributed by atoms with Gasteiger partial charge in [-0.05, 0) is 18.1 Å². The van der Waals surface area contributed by atoms with E-state index < -0.39 is 8.32 Å². The number of hydrogen-bond donors (Lipinski definition) is 0. The molecule has 0 aromatic heterocycles. The van der Waals surface area contributed by atoms with E-state index in [4.69, 9.17) is 4.43 Å². The quantitative estimate of drug-likeness (QED) is 0.472. The molecule has 0 aliphatic carbocycles. The fourth-order valence-corrected chi connectivity index (χ4v) is 1.35. The van der Waals surface area contributed by atoms with Gasteiger partial charge in [0.05, 0.1) is 6.61 Å². The highest BCUT2D eigenvalue weighted by molar-refractivity contribution is 6.74. The molecule has 0 rings (SSSR count). The van der Waals surface area contributed by atoms with Gasteiger partial charge in [0.2, 0.25) is 0 Å². The minimum Gasteiger partial charge on any atom is -0.406 e. The highest BCUT2D eigenvalue weighted by Crippen LogP contribution is 2.36. The first-order valence-electron chi connectivity index (χ1n) is 4.20. The predicted octanol–water partition coefficient (Wildman–Crippen LogP) is 2.85. The summed E-state index contributed by atoms with van der Waals surface area (Å²) in [6.45, 7) is 15.1. The summed E-state index contributed by atoms with van der Waals surface area (Å²) in [7, 11) is -1.57. The molecular weight excluding hydrogens is 164 g/mol. The molecule has 0 saturated carbocycles. The van der Waals surface area contributed by atoms with Crippen LogP contribution in [0.3, 0.4) is 0 Å². The molecule has 12 heavy (non-hydrogen) atoms. The van der Waals surface area contributed by atoms with Crippen molar-refractivity contribution in [3.05, 3.63) is 6.92 Å². The molecule has 0 fully saturated rings. The Balaban J connectivity index is 4.11. The van der Waals surface area contributed by atoms with E-state index in [2.05, 4.69) is 52.6 Å². The second kappa shape index (κ2) is 4.11. The minimum absolute atomic E-state index is 0.274. The topological polar surface area (TPSA) is 9.23 Å². The van der Waals surface area contributed by atoms with Crippen molar-refractivity contribution in [2.75, 3.05) is 6.61 Å². The van der Waals surface area contributed by atoms with E-state index in [9.17, 15) is 0 Å². The highest BCUT2D eigenvalue weighted by atomic mass is 28.4. The van der Waals surface area contributed by atoms with Gasteiger partial charge in [-0.15, -0.1) is 0 Å². The van der Waals surface area contributed by atoms with E-state index in [1.165, 1.54) is 0 Å². The van der Waals surface area contributed by atoms with E-state index in [1.807, 2.05) is 0 Å². The Bertz CT molecular complexity index is 190. The molecule has 0 spiro atoms. The van der Waals surface area contributed by atoms with Crippen LogP contribution in [0.25, 0.3) is 0 Å². The second-order valence-corrected chi connectivity index (χ2v) is 9.21. The van der Waals surface area contributed by atoms with Crippen LogP contribution in [0, 0.1) is 18.8 Å². The fourth-order valence-electron chi connectivity index (χ4n) is 0.484. The van der Waals surface area contributed by atoms with E-state index >= 15 is 0 Å². The van der Waals surface area contributed by atoms with Gasteiger partial charge < -0.3 is 4.43 Å². The molecule has 0 amide bonds. The molecular formula is C10H19OSi. The van der Waals surface area contributed by atoms with E-state index in [1.54, 1.807) is 0 Å². The number of rotatable bonds is 2. The average molecular weight is 183 g/mol. The van der Waals surface area contributed by atoms with Gasteiger partial charge in [0.15, 0.2) is 8.32 Å². The maximum Gasteiger partial charge on any atom is 0.193 e. The van der Waals surface area contributed by atoms with Crippen molar-refractivity contribution in [3.8, 4) is 11.8 Å². The molecule has 0 aromatic rings. The molecule has 1 radical (unpaired) electrons. The van der Waals surface area contributed by atoms with Gasteiger partial charge in [0.25, 0.3) is 0 Å². The lowest BCUT2D eigenvalue weighted by molar-refractivity contribution is 0.334. The van der Waals surface area contributed by atoms with Gasteiger partial charge in [0.1, 0.15) is 0 Å². The molecule has 1 nitrogen and oxygen atoms in total. The molecule has 0 heterocycles. The Morgan fingerprint density at radius 2 is 1.83 bits per heavy atom. The fraction of sp³-hybridized carbons (Fsp3) is 0.700. The largest absolute Gasteiger partial charge is 0.406 e. The summed E-state index contributed by atoms with van der Waals surface area (Å²) in [5.41, 5.74) is 0. The molecule has 0 saturated heterocycles. The lowest BCUT2D eigenvalue weighted by Gasteiger charge is -2.35. The Morgan fingerprint density at radius 1 is 1.33 bits per heavy atom. The van der Waals surface area contributed by atoms with Gasteiger partial charge in [-0.3, -0.25) is 0 Å². The first kappa shape index (κ1) is 11.7. The molecule has 0 aromatic carbocycles. The Morgan fingerprint density at radius 3 is 2.17 bits per heavy atom. The zero-order valence-electron chi connectivity index (χ0n) is 8.82. The van der Waals surface area contributed by atoms with Crippen molar-refractivity contribution in [2.45, 2.75) is 38.9 Å². The third kappa shape index (κ3) is 3.42. The Hall–Kier alpha value is -0.263. The summed E-state index contributed by atoms with van der Waals surface area (Å²) in [6.07, 6.45) is 0. The van der Waals surface area contributed by atoms with Gasteiger partial charge in [-0.25, -0.2) is 0 Å². The lowest BCUT2D eigenvalue weighted by Crippen LogP contribution is -2.40. The standard InChI is InChI=1S/C10H19OSi/c1-7-8-9-11-12(5,6)10(2,3)4/h1,9H2,2-6H3. The zero-order chi connectivity index (χ0) is 9.83. The SMILES string of the molecule is [CH2]C#CCO[Si](C)(C)C(C)(C)C. The molecule has 0 aliphatic heterocycles. The summed E-state index contributed by atoms with van der Waals surface area (Å²) >= 11 is 0. The minimum atomic E-state index is -1.57. The van der Waals surface area contributed by atoms with Crippen LogP contribution in [0.4, 0.5) is 0 Å². The van der Waals surface area contributed by atoms with Crippen LogP contribution in [-0.2, 0) is 4.43 Å². The molecule has 0 atom stereocenters. The van der Waals surface area contributed by atoms with Gasteiger partial charge in [-0.2, -0.15) is 0 Å². The monoisotopic (exact) mass is 183 g/mol. The van der Waals surface area contributed by atoms with Crippen LogP contribution in [-0.4, -0.2) is 14.9 Å². The van der Waals surface area contributed by atoms with Crippen molar-refractivity contribution in [3.63, 3.8) is 0 Å². The third-order valence-corrected chi connectivity index (χ3v) is 6.91.